The second kappa shape index (κ2) is 4.22. The maximum atomic E-state index is 6.06. The average Bonchev–Trinajstić information content (AvgIpc) is 2.05. The maximum absolute atomic E-state index is 6.06. The molecule has 1 N–H and O–H groups in total. The fraction of sp³-hybridized carbons (Fsp3) is 0.500. The minimum absolute atomic E-state index is 0.271. The highest BCUT2D eigenvalue weighted by atomic mass is 35.5. The Kier molecular flexibility index (Phi) is 3.43. The Morgan fingerprint density at radius 3 is 2.50 bits per heavy atom. The predicted molar refractivity (Wildman–Crippen MR) is 64.1 cm³/mol. The molecule has 0 saturated carbocycles. The molecule has 1 nitrogen and oxygen atoms in total. The van der Waals surface area contributed by atoms with Gasteiger partial charge in [0.05, 0.1) is 10.7 Å². The third-order valence-electron chi connectivity index (χ3n) is 1.93. The lowest BCUT2D eigenvalue weighted by Crippen LogP contribution is -2.19. The fourth-order valence-electron chi connectivity index (χ4n) is 1.13. The fourth-order valence-corrected chi connectivity index (χ4v) is 1.32. The molecule has 1 rings (SSSR count). The predicted octanol–water partition coefficient (Wildman–Crippen LogP) is 4.11. The van der Waals surface area contributed by atoms with E-state index in [0.29, 0.717) is 0 Å². The minimum atomic E-state index is 0.271. The van der Waals surface area contributed by atoms with E-state index in [4.69, 9.17) is 11.6 Å². The third kappa shape index (κ3) is 3.59. The molecule has 1 aromatic carbocycles. The highest BCUT2D eigenvalue weighted by Crippen LogP contribution is 2.24. The Bertz CT molecular complexity index is 313. The van der Waals surface area contributed by atoms with Gasteiger partial charge in [0, 0.05) is 6.54 Å². The zero-order valence-corrected chi connectivity index (χ0v) is 10.1. The third-order valence-corrected chi connectivity index (χ3v) is 2.26. The second-order valence-electron chi connectivity index (χ2n) is 4.90. The van der Waals surface area contributed by atoms with E-state index < -0.39 is 0 Å². The standard InChI is InChI=1S/C12H18ClN/c1-9-5-6-10(13)11(7-9)14-8-12(2,3)4/h5-7,14H,8H2,1-4H3. The molecule has 0 aliphatic rings. The lowest BCUT2D eigenvalue weighted by Gasteiger charge is -2.20. The smallest absolute Gasteiger partial charge is 0.0637 e. The lowest BCUT2D eigenvalue weighted by atomic mass is 9.97. The SMILES string of the molecule is Cc1ccc(Cl)c(NCC(C)(C)C)c1. The van der Waals surface area contributed by atoms with Crippen molar-refractivity contribution < 1.29 is 0 Å². The molecule has 0 aliphatic heterocycles. The van der Waals surface area contributed by atoms with Crippen LogP contribution in [0.4, 0.5) is 5.69 Å². The summed E-state index contributed by atoms with van der Waals surface area (Å²) in [6, 6.07) is 6.03. The lowest BCUT2D eigenvalue weighted by molar-refractivity contribution is 0.443. The van der Waals surface area contributed by atoms with Gasteiger partial charge in [0.2, 0.25) is 0 Å². The van der Waals surface area contributed by atoms with Crippen molar-refractivity contribution in [2.24, 2.45) is 5.41 Å². The molecule has 0 atom stereocenters. The van der Waals surface area contributed by atoms with Crippen LogP contribution in [0.15, 0.2) is 18.2 Å². The summed E-state index contributed by atoms with van der Waals surface area (Å²) in [7, 11) is 0. The minimum Gasteiger partial charge on any atom is -0.383 e. The molecule has 0 fully saturated rings. The molecule has 0 aliphatic carbocycles. The average molecular weight is 212 g/mol. The van der Waals surface area contributed by atoms with E-state index in [1.165, 1.54) is 5.56 Å². The molecule has 1 aromatic rings. The van der Waals surface area contributed by atoms with Gasteiger partial charge in [-0.1, -0.05) is 38.4 Å². The van der Waals surface area contributed by atoms with E-state index in [1.54, 1.807) is 0 Å². The molecule has 0 spiro atoms. The molecule has 2 heteroatoms. The first-order valence-corrected chi connectivity index (χ1v) is 5.26. The number of aryl methyl sites for hydroxylation is 1. The molecule has 0 aromatic heterocycles. The highest BCUT2D eigenvalue weighted by molar-refractivity contribution is 6.33. The van der Waals surface area contributed by atoms with Gasteiger partial charge in [0.25, 0.3) is 0 Å². The van der Waals surface area contributed by atoms with Crippen molar-refractivity contribution >= 4 is 17.3 Å². The normalized spacial score (nSPS) is 11.5. The summed E-state index contributed by atoms with van der Waals surface area (Å²) < 4.78 is 0. The zero-order chi connectivity index (χ0) is 10.8. The summed E-state index contributed by atoms with van der Waals surface area (Å²) in [5.41, 5.74) is 2.53. The number of halogens is 1. The Labute approximate surface area is 91.5 Å². The quantitative estimate of drug-likeness (QED) is 0.777. The second-order valence-corrected chi connectivity index (χ2v) is 5.30. The van der Waals surface area contributed by atoms with Crippen LogP contribution in [0.3, 0.4) is 0 Å². The van der Waals surface area contributed by atoms with Crippen molar-refractivity contribution in [3.05, 3.63) is 28.8 Å². The number of nitrogens with one attached hydrogen (secondary N) is 1. The van der Waals surface area contributed by atoms with E-state index >= 15 is 0 Å². The Hall–Kier alpha value is -0.690. The summed E-state index contributed by atoms with van der Waals surface area (Å²) in [4.78, 5) is 0. The van der Waals surface area contributed by atoms with E-state index in [9.17, 15) is 0 Å². The van der Waals surface area contributed by atoms with E-state index in [2.05, 4.69) is 39.1 Å². The van der Waals surface area contributed by atoms with Crippen LogP contribution >= 0.6 is 11.6 Å². The van der Waals surface area contributed by atoms with Crippen molar-refractivity contribution in [1.82, 2.24) is 0 Å². The number of benzene rings is 1. The van der Waals surface area contributed by atoms with Gasteiger partial charge in [-0.3, -0.25) is 0 Å². The van der Waals surface area contributed by atoms with Crippen LogP contribution in [0, 0.1) is 12.3 Å². The Morgan fingerprint density at radius 1 is 1.29 bits per heavy atom. The monoisotopic (exact) mass is 211 g/mol. The molecule has 0 radical (unpaired) electrons. The first-order chi connectivity index (χ1) is 6.38. The van der Waals surface area contributed by atoms with Crippen molar-refractivity contribution in [3.8, 4) is 0 Å². The summed E-state index contributed by atoms with van der Waals surface area (Å²) in [6.45, 7) is 9.59. The molecule has 0 bridgehead atoms. The molecule has 0 unspecified atom stereocenters. The van der Waals surface area contributed by atoms with Gasteiger partial charge >= 0.3 is 0 Å². The van der Waals surface area contributed by atoms with Gasteiger partial charge in [0.1, 0.15) is 0 Å². The zero-order valence-electron chi connectivity index (χ0n) is 9.32. The van der Waals surface area contributed by atoms with Gasteiger partial charge in [-0.05, 0) is 30.0 Å². The van der Waals surface area contributed by atoms with Crippen LogP contribution in [0.1, 0.15) is 26.3 Å². The number of anilines is 1. The molecular weight excluding hydrogens is 194 g/mol. The van der Waals surface area contributed by atoms with Gasteiger partial charge in [0.15, 0.2) is 0 Å². The van der Waals surface area contributed by atoms with Crippen LogP contribution in [-0.2, 0) is 0 Å². The van der Waals surface area contributed by atoms with Crippen LogP contribution in [-0.4, -0.2) is 6.54 Å². The van der Waals surface area contributed by atoms with Crippen LogP contribution in [0.25, 0.3) is 0 Å². The van der Waals surface area contributed by atoms with Gasteiger partial charge < -0.3 is 5.32 Å². The van der Waals surface area contributed by atoms with E-state index in [-0.39, 0.29) is 5.41 Å². The van der Waals surface area contributed by atoms with Crippen molar-refractivity contribution in [3.63, 3.8) is 0 Å². The number of rotatable bonds is 2. The van der Waals surface area contributed by atoms with E-state index in [1.807, 2.05) is 12.1 Å². The molecule has 0 amide bonds. The topological polar surface area (TPSA) is 12.0 Å². The van der Waals surface area contributed by atoms with Gasteiger partial charge in [-0.15, -0.1) is 0 Å². The van der Waals surface area contributed by atoms with Gasteiger partial charge in [-0.2, -0.15) is 0 Å². The van der Waals surface area contributed by atoms with Crippen LogP contribution in [0.2, 0.25) is 5.02 Å². The summed E-state index contributed by atoms with van der Waals surface area (Å²) in [6.07, 6.45) is 0. The molecular formula is C12H18ClN. The summed E-state index contributed by atoms with van der Waals surface area (Å²) in [5, 5.41) is 4.15. The number of hydrogen-bond donors (Lipinski definition) is 1. The first kappa shape index (κ1) is 11.4. The van der Waals surface area contributed by atoms with Gasteiger partial charge in [-0.25, -0.2) is 0 Å². The number of hydrogen-bond acceptors (Lipinski definition) is 1. The van der Waals surface area contributed by atoms with Crippen molar-refractivity contribution in [2.75, 3.05) is 11.9 Å². The van der Waals surface area contributed by atoms with Crippen molar-refractivity contribution in [2.45, 2.75) is 27.7 Å². The molecule has 0 saturated heterocycles. The maximum Gasteiger partial charge on any atom is 0.0637 e. The molecule has 0 heterocycles. The summed E-state index contributed by atoms with van der Waals surface area (Å²) in [5.74, 6) is 0. The van der Waals surface area contributed by atoms with Crippen molar-refractivity contribution in [1.29, 1.82) is 0 Å². The molecule has 14 heavy (non-hydrogen) atoms. The van der Waals surface area contributed by atoms with Crippen LogP contribution < -0.4 is 5.32 Å². The molecule has 78 valence electrons. The highest BCUT2D eigenvalue weighted by Gasteiger charge is 2.10. The Balaban J connectivity index is 2.72. The largest absolute Gasteiger partial charge is 0.383 e. The van der Waals surface area contributed by atoms with Crippen LogP contribution in [0.5, 0.6) is 0 Å². The summed E-state index contributed by atoms with van der Waals surface area (Å²) >= 11 is 6.06. The van der Waals surface area contributed by atoms with E-state index in [0.717, 1.165) is 17.3 Å². The Morgan fingerprint density at radius 2 is 1.93 bits per heavy atom. The first-order valence-electron chi connectivity index (χ1n) is 4.88.